The second-order valence-electron chi connectivity index (χ2n) is 4.96. The van der Waals surface area contributed by atoms with Gasteiger partial charge in [-0.25, -0.2) is 0 Å². The van der Waals surface area contributed by atoms with Gasteiger partial charge in [-0.15, -0.1) is 0 Å². The van der Waals surface area contributed by atoms with E-state index in [0.717, 1.165) is 0 Å². The van der Waals surface area contributed by atoms with Gasteiger partial charge in [-0.1, -0.05) is 0 Å². The van der Waals surface area contributed by atoms with Crippen LogP contribution in [-0.2, 0) is 14.2 Å². The van der Waals surface area contributed by atoms with E-state index < -0.39 is 55.6 Å². The molecular weight excluding hydrogens is 272 g/mol. The lowest BCUT2D eigenvalue weighted by molar-refractivity contribution is -0.315. The van der Waals surface area contributed by atoms with Crippen LogP contribution in [0.3, 0.4) is 0 Å². The lowest BCUT2D eigenvalue weighted by atomic mass is 9.99. The molecule has 0 aromatic carbocycles. The lowest BCUT2D eigenvalue weighted by Gasteiger charge is -2.41. The van der Waals surface area contributed by atoms with Gasteiger partial charge in [0, 0.05) is 0 Å². The number of hydrogen-bond donors (Lipinski definition) is 5. The zero-order chi connectivity index (χ0) is 14.9. The van der Waals surface area contributed by atoms with Crippen LogP contribution in [0.4, 0.5) is 0 Å². The van der Waals surface area contributed by atoms with E-state index in [1.807, 2.05) is 0 Å². The summed E-state index contributed by atoms with van der Waals surface area (Å²) in [5.74, 6) is 0. The molecule has 2 aliphatic rings. The second-order valence-corrected chi connectivity index (χ2v) is 4.96. The average Bonchev–Trinajstić information content (AvgIpc) is 2.44. The van der Waals surface area contributed by atoms with Crippen LogP contribution in [-0.4, -0.2) is 81.2 Å². The van der Waals surface area contributed by atoms with E-state index in [1.165, 1.54) is 12.3 Å². The Morgan fingerprint density at radius 3 is 2.40 bits per heavy atom. The Balaban J connectivity index is 2.04. The minimum Gasteiger partial charge on any atom is -0.496 e. The summed E-state index contributed by atoms with van der Waals surface area (Å²) in [6.07, 6.45) is -6.20. The number of aliphatic hydroxyl groups excluding tert-OH is 5. The first-order valence-electron chi connectivity index (χ1n) is 6.42. The van der Waals surface area contributed by atoms with Gasteiger partial charge in [0.1, 0.15) is 42.7 Å². The van der Waals surface area contributed by atoms with Crippen LogP contribution in [0.2, 0.25) is 0 Å². The zero-order valence-corrected chi connectivity index (χ0v) is 10.9. The molecule has 0 spiro atoms. The normalized spacial score (nSPS) is 48.9. The van der Waals surface area contributed by atoms with Crippen molar-refractivity contribution in [3.63, 3.8) is 0 Å². The van der Waals surface area contributed by atoms with Crippen LogP contribution >= 0.6 is 0 Å². The van der Waals surface area contributed by atoms with Gasteiger partial charge in [-0.05, 0) is 13.0 Å². The Labute approximate surface area is 115 Å². The van der Waals surface area contributed by atoms with Crippen molar-refractivity contribution in [2.45, 2.75) is 55.9 Å². The molecule has 5 N–H and O–H groups in total. The van der Waals surface area contributed by atoms with Crippen LogP contribution in [0.1, 0.15) is 6.92 Å². The highest BCUT2D eigenvalue weighted by Crippen LogP contribution is 2.25. The fourth-order valence-electron chi connectivity index (χ4n) is 2.17. The van der Waals surface area contributed by atoms with Crippen LogP contribution < -0.4 is 0 Å². The third-order valence-corrected chi connectivity index (χ3v) is 3.52. The summed E-state index contributed by atoms with van der Waals surface area (Å²) in [6, 6.07) is 0. The maximum Gasteiger partial charge on any atom is 0.187 e. The Hall–Kier alpha value is -0.740. The lowest BCUT2D eigenvalue weighted by Crippen LogP contribution is -2.60. The quantitative estimate of drug-likeness (QED) is 0.385. The minimum atomic E-state index is -1.51. The standard InChI is InChI=1S/C12H20O8/c1-5-8(14)6(2-3-18-5)19-12-11(17)10(16)9(15)7(4-13)20-12/h2-3,5-17H,4H2,1H3/t5-,6-,7-,8-,9-,10+,11-,12-/m1/s1. The van der Waals surface area contributed by atoms with Gasteiger partial charge in [0.25, 0.3) is 0 Å². The fraction of sp³-hybridized carbons (Fsp3) is 0.833. The molecule has 2 heterocycles. The third-order valence-electron chi connectivity index (χ3n) is 3.52. The molecule has 0 bridgehead atoms. The van der Waals surface area contributed by atoms with Crippen molar-refractivity contribution < 1.29 is 39.7 Å². The highest BCUT2D eigenvalue weighted by Gasteiger charge is 2.45. The molecule has 0 unspecified atom stereocenters. The number of ether oxygens (including phenoxy) is 3. The zero-order valence-electron chi connectivity index (χ0n) is 10.9. The largest absolute Gasteiger partial charge is 0.496 e. The molecule has 2 aliphatic heterocycles. The van der Waals surface area contributed by atoms with Crippen LogP contribution in [0.25, 0.3) is 0 Å². The monoisotopic (exact) mass is 292 g/mol. The van der Waals surface area contributed by atoms with E-state index in [-0.39, 0.29) is 0 Å². The smallest absolute Gasteiger partial charge is 0.187 e. The fourth-order valence-corrected chi connectivity index (χ4v) is 2.17. The van der Waals surface area contributed by atoms with Crippen LogP contribution in [0.15, 0.2) is 12.3 Å². The van der Waals surface area contributed by atoms with Gasteiger partial charge in [-0.2, -0.15) is 0 Å². The predicted molar refractivity (Wildman–Crippen MR) is 64.3 cm³/mol. The minimum absolute atomic E-state index is 0.491. The van der Waals surface area contributed by atoms with E-state index in [1.54, 1.807) is 6.92 Å². The summed E-state index contributed by atoms with van der Waals surface area (Å²) in [5, 5.41) is 48.1. The molecule has 8 nitrogen and oxygen atoms in total. The number of hydrogen-bond acceptors (Lipinski definition) is 8. The maximum atomic E-state index is 9.90. The first kappa shape index (κ1) is 15.6. The highest BCUT2D eigenvalue weighted by molar-refractivity contribution is 4.98. The maximum absolute atomic E-state index is 9.90. The Kier molecular flexibility index (Phi) is 4.97. The van der Waals surface area contributed by atoms with Gasteiger partial charge in [0.2, 0.25) is 0 Å². The van der Waals surface area contributed by atoms with Crippen molar-refractivity contribution in [3.05, 3.63) is 12.3 Å². The molecule has 2 rings (SSSR count). The average molecular weight is 292 g/mol. The predicted octanol–water partition coefficient (Wildman–Crippen LogP) is -2.54. The topological polar surface area (TPSA) is 129 Å². The molecule has 1 saturated heterocycles. The molecule has 8 heteroatoms. The summed E-state index contributed by atoms with van der Waals surface area (Å²) in [5.41, 5.74) is 0. The van der Waals surface area contributed by atoms with Crippen molar-refractivity contribution in [3.8, 4) is 0 Å². The number of rotatable bonds is 3. The van der Waals surface area contributed by atoms with Gasteiger partial charge in [-0.3, -0.25) is 0 Å². The van der Waals surface area contributed by atoms with Gasteiger partial charge in [0.15, 0.2) is 6.29 Å². The van der Waals surface area contributed by atoms with Gasteiger partial charge >= 0.3 is 0 Å². The Morgan fingerprint density at radius 1 is 1.05 bits per heavy atom. The van der Waals surface area contributed by atoms with E-state index in [4.69, 9.17) is 19.3 Å². The van der Waals surface area contributed by atoms with Crippen molar-refractivity contribution in [1.29, 1.82) is 0 Å². The van der Waals surface area contributed by atoms with Crippen molar-refractivity contribution >= 4 is 0 Å². The van der Waals surface area contributed by atoms with Crippen molar-refractivity contribution in [2.24, 2.45) is 0 Å². The van der Waals surface area contributed by atoms with Gasteiger partial charge in [0.05, 0.1) is 12.9 Å². The van der Waals surface area contributed by atoms with E-state index >= 15 is 0 Å². The molecule has 0 aromatic heterocycles. The molecule has 0 saturated carbocycles. The SMILES string of the molecule is C[C@H]1OC=C[C@@H](O[C@@H]2O[C@H](CO)[C@@H](O)[C@H](O)[C@H]2O)[C@@H]1O. The first-order valence-corrected chi connectivity index (χ1v) is 6.42. The van der Waals surface area contributed by atoms with Crippen molar-refractivity contribution in [1.82, 2.24) is 0 Å². The molecular formula is C12H20O8. The Morgan fingerprint density at radius 2 is 1.75 bits per heavy atom. The molecule has 0 radical (unpaired) electrons. The molecule has 116 valence electrons. The third kappa shape index (κ3) is 2.96. The van der Waals surface area contributed by atoms with E-state index in [9.17, 15) is 20.4 Å². The highest BCUT2D eigenvalue weighted by atomic mass is 16.7. The summed E-state index contributed by atoms with van der Waals surface area (Å²) in [4.78, 5) is 0. The summed E-state index contributed by atoms with van der Waals surface area (Å²) >= 11 is 0. The Bertz CT molecular complexity index is 346. The van der Waals surface area contributed by atoms with Crippen molar-refractivity contribution in [2.75, 3.05) is 6.61 Å². The van der Waals surface area contributed by atoms with Gasteiger partial charge < -0.3 is 39.7 Å². The summed E-state index contributed by atoms with van der Waals surface area (Å²) in [6.45, 7) is 1.12. The summed E-state index contributed by atoms with van der Waals surface area (Å²) < 4.78 is 15.7. The summed E-state index contributed by atoms with van der Waals surface area (Å²) in [7, 11) is 0. The molecule has 0 aliphatic carbocycles. The first-order chi connectivity index (χ1) is 9.45. The molecule has 8 atom stereocenters. The second kappa shape index (κ2) is 6.35. The van der Waals surface area contributed by atoms with E-state index in [0.29, 0.717) is 0 Å². The van der Waals surface area contributed by atoms with Crippen LogP contribution in [0.5, 0.6) is 0 Å². The number of aliphatic hydroxyl groups is 5. The molecule has 20 heavy (non-hydrogen) atoms. The molecule has 1 fully saturated rings. The molecule has 0 aromatic rings. The van der Waals surface area contributed by atoms with E-state index in [2.05, 4.69) is 0 Å². The molecule has 0 amide bonds. The van der Waals surface area contributed by atoms with Crippen LogP contribution in [0, 0.1) is 0 Å².